The van der Waals surface area contributed by atoms with Gasteiger partial charge in [-0.3, -0.25) is 0 Å². The molecular formula is C9H14O2. The Labute approximate surface area is 66.9 Å². The van der Waals surface area contributed by atoms with Gasteiger partial charge in [0.2, 0.25) is 0 Å². The van der Waals surface area contributed by atoms with Gasteiger partial charge in [0.1, 0.15) is 0 Å². The summed E-state index contributed by atoms with van der Waals surface area (Å²) in [6.45, 7) is 0. The first-order valence-corrected chi connectivity index (χ1v) is 4.74. The van der Waals surface area contributed by atoms with Crippen LogP contribution in [0.5, 0.6) is 0 Å². The molecular weight excluding hydrogens is 140 g/mol. The van der Waals surface area contributed by atoms with E-state index < -0.39 is 0 Å². The summed E-state index contributed by atoms with van der Waals surface area (Å²) in [5.41, 5.74) is 0. The van der Waals surface area contributed by atoms with Gasteiger partial charge in [-0.1, -0.05) is 0 Å². The molecule has 2 nitrogen and oxygen atoms in total. The third kappa shape index (κ3) is 1.18. The van der Waals surface area contributed by atoms with Gasteiger partial charge in [0.15, 0.2) is 0 Å². The largest absolute Gasteiger partial charge is 0.370 e. The summed E-state index contributed by atoms with van der Waals surface area (Å²) in [7, 11) is 0. The van der Waals surface area contributed by atoms with Crippen LogP contribution in [-0.2, 0) is 9.47 Å². The van der Waals surface area contributed by atoms with Crippen LogP contribution in [0.15, 0.2) is 0 Å². The smallest absolute Gasteiger partial charge is 0.0842 e. The van der Waals surface area contributed by atoms with Crippen molar-refractivity contribution in [2.75, 3.05) is 0 Å². The van der Waals surface area contributed by atoms with Crippen LogP contribution in [0.25, 0.3) is 0 Å². The van der Waals surface area contributed by atoms with Gasteiger partial charge in [-0.25, -0.2) is 0 Å². The maximum absolute atomic E-state index is 5.50. The summed E-state index contributed by atoms with van der Waals surface area (Å²) in [6.07, 6.45) is 8.82. The third-order valence-electron chi connectivity index (χ3n) is 3.09. The van der Waals surface area contributed by atoms with Crippen molar-refractivity contribution in [3.63, 3.8) is 0 Å². The normalized spacial score (nSPS) is 54.5. The van der Waals surface area contributed by atoms with E-state index in [-0.39, 0.29) is 0 Å². The van der Waals surface area contributed by atoms with Gasteiger partial charge >= 0.3 is 0 Å². The number of hydrogen-bond acceptors (Lipinski definition) is 2. The molecule has 0 spiro atoms. The lowest BCUT2D eigenvalue weighted by atomic mass is 10.1. The number of epoxide rings is 2. The van der Waals surface area contributed by atoms with E-state index in [9.17, 15) is 0 Å². The van der Waals surface area contributed by atoms with Crippen molar-refractivity contribution >= 4 is 0 Å². The number of fused-ring (bicyclic) bond motifs is 2. The molecule has 4 atom stereocenters. The quantitative estimate of drug-likeness (QED) is 0.494. The molecule has 1 saturated carbocycles. The molecule has 2 heterocycles. The first-order valence-electron chi connectivity index (χ1n) is 4.74. The maximum atomic E-state index is 5.50. The highest BCUT2D eigenvalue weighted by Gasteiger charge is 2.45. The van der Waals surface area contributed by atoms with Crippen LogP contribution in [0, 0.1) is 0 Å². The van der Waals surface area contributed by atoms with Crippen molar-refractivity contribution < 1.29 is 9.47 Å². The fourth-order valence-electron chi connectivity index (χ4n) is 2.22. The van der Waals surface area contributed by atoms with Gasteiger partial charge in [-0.2, -0.15) is 0 Å². The Hall–Kier alpha value is -0.0800. The fraction of sp³-hybridized carbons (Fsp3) is 1.00. The number of hydrogen-bond donors (Lipinski definition) is 0. The highest BCUT2D eigenvalue weighted by atomic mass is 16.6. The molecule has 0 amide bonds. The Bertz CT molecular complexity index is 151. The summed E-state index contributed by atoms with van der Waals surface area (Å²) in [5, 5.41) is 0. The predicted molar refractivity (Wildman–Crippen MR) is 40.4 cm³/mol. The average Bonchev–Trinajstić information content (AvgIpc) is 2.85. The summed E-state index contributed by atoms with van der Waals surface area (Å²) >= 11 is 0. The van der Waals surface area contributed by atoms with Crippen LogP contribution in [0.2, 0.25) is 0 Å². The average molecular weight is 154 g/mol. The van der Waals surface area contributed by atoms with Gasteiger partial charge in [0.25, 0.3) is 0 Å². The van der Waals surface area contributed by atoms with Gasteiger partial charge < -0.3 is 9.47 Å². The van der Waals surface area contributed by atoms with Crippen LogP contribution < -0.4 is 0 Å². The minimum absolute atomic E-state index is 0.609. The molecule has 0 bridgehead atoms. The molecule has 1 aliphatic carbocycles. The molecule has 3 rings (SSSR count). The maximum Gasteiger partial charge on any atom is 0.0842 e. The second kappa shape index (κ2) is 2.20. The molecule has 0 unspecified atom stereocenters. The van der Waals surface area contributed by atoms with Crippen LogP contribution in [0.4, 0.5) is 0 Å². The summed E-state index contributed by atoms with van der Waals surface area (Å²) < 4.78 is 11.0. The lowest BCUT2D eigenvalue weighted by Crippen LogP contribution is -1.95. The Morgan fingerprint density at radius 1 is 0.636 bits per heavy atom. The monoisotopic (exact) mass is 154 g/mol. The standard InChI is InChI=1S/C9H14O2/c1-2-6-8(10-6)4-5-9-7(3-1)11-9/h6-9H,1-5H2/t6-,7+,8+,9-. The van der Waals surface area contributed by atoms with E-state index in [1.165, 1.54) is 32.1 Å². The molecule has 0 N–H and O–H groups in total. The highest BCUT2D eigenvalue weighted by molar-refractivity contribution is 4.93. The fourth-order valence-corrected chi connectivity index (χ4v) is 2.22. The van der Waals surface area contributed by atoms with E-state index in [0.717, 1.165) is 0 Å². The minimum atomic E-state index is 0.609. The van der Waals surface area contributed by atoms with Gasteiger partial charge in [0.05, 0.1) is 24.4 Å². The zero-order valence-electron chi connectivity index (χ0n) is 6.66. The van der Waals surface area contributed by atoms with Crippen LogP contribution in [0.3, 0.4) is 0 Å². The van der Waals surface area contributed by atoms with E-state index in [4.69, 9.17) is 9.47 Å². The van der Waals surface area contributed by atoms with Crippen molar-refractivity contribution in [1.29, 1.82) is 0 Å². The van der Waals surface area contributed by atoms with Crippen LogP contribution in [-0.4, -0.2) is 24.4 Å². The number of rotatable bonds is 0. The van der Waals surface area contributed by atoms with E-state index in [0.29, 0.717) is 24.4 Å². The van der Waals surface area contributed by atoms with Crippen molar-refractivity contribution in [1.82, 2.24) is 0 Å². The topological polar surface area (TPSA) is 25.1 Å². The summed E-state index contributed by atoms with van der Waals surface area (Å²) in [5.74, 6) is 0. The van der Waals surface area contributed by atoms with Gasteiger partial charge in [0, 0.05) is 0 Å². The van der Waals surface area contributed by atoms with Crippen molar-refractivity contribution in [3.05, 3.63) is 0 Å². The zero-order chi connectivity index (χ0) is 7.26. The van der Waals surface area contributed by atoms with Gasteiger partial charge in [-0.15, -0.1) is 0 Å². The molecule has 2 aliphatic heterocycles. The van der Waals surface area contributed by atoms with Crippen LogP contribution >= 0.6 is 0 Å². The summed E-state index contributed by atoms with van der Waals surface area (Å²) in [6, 6.07) is 0. The van der Waals surface area contributed by atoms with Crippen molar-refractivity contribution in [3.8, 4) is 0 Å². The predicted octanol–water partition coefficient (Wildman–Crippen LogP) is 1.49. The van der Waals surface area contributed by atoms with Crippen molar-refractivity contribution in [2.24, 2.45) is 0 Å². The van der Waals surface area contributed by atoms with E-state index in [1.807, 2.05) is 0 Å². The van der Waals surface area contributed by atoms with E-state index in [2.05, 4.69) is 0 Å². The lowest BCUT2D eigenvalue weighted by molar-refractivity contribution is 0.339. The molecule has 0 radical (unpaired) electrons. The van der Waals surface area contributed by atoms with Crippen LogP contribution in [0.1, 0.15) is 32.1 Å². The Balaban J connectivity index is 1.62. The highest BCUT2D eigenvalue weighted by Crippen LogP contribution is 2.39. The number of ether oxygens (including phenoxy) is 2. The summed E-state index contributed by atoms with van der Waals surface area (Å²) in [4.78, 5) is 0. The second-order valence-corrected chi connectivity index (χ2v) is 3.93. The van der Waals surface area contributed by atoms with E-state index in [1.54, 1.807) is 0 Å². The first kappa shape index (κ1) is 6.44. The molecule has 0 aromatic heterocycles. The van der Waals surface area contributed by atoms with Gasteiger partial charge in [-0.05, 0) is 32.1 Å². The van der Waals surface area contributed by atoms with Crippen molar-refractivity contribution in [2.45, 2.75) is 56.5 Å². The second-order valence-electron chi connectivity index (χ2n) is 3.93. The minimum Gasteiger partial charge on any atom is -0.370 e. The Kier molecular flexibility index (Phi) is 1.29. The lowest BCUT2D eigenvalue weighted by Gasteiger charge is -1.91. The molecule has 11 heavy (non-hydrogen) atoms. The molecule has 2 heteroatoms. The Morgan fingerprint density at radius 2 is 1.09 bits per heavy atom. The van der Waals surface area contributed by atoms with E-state index >= 15 is 0 Å². The first-order chi connectivity index (χ1) is 5.43. The molecule has 3 fully saturated rings. The third-order valence-corrected chi connectivity index (χ3v) is 3.09. The zero-order valence-corrected chi connectivity index (χ0v) is 6.66. The molecule has 0 aromatic rings. The SMILES string of the molecule is C1C[C@@H]2O[C@@H]2CC[C@@H]2O[C@@H]2C1. The molecule has 62 valence electrons. The molecule has 3 aliphatic rings. The molecule has 0 aromatic carbocycles. The Morgan fingerprint density at radius 3 is 1.64 bits per heavy atom. The molecule has 2 saturated heterocycles.